The maximum Gasteiger partial charge on any atom is 0.307 e. The van der Waals surface area contributed by atoms with Crippen LogP contribution in [-0.2, 0) is 14.3 Å². The van der Waals surface area contributed by atoms with E-state index in [0.717, 1.165) is 25.7 Å². The lowest BCUT2D eigenvalue weighted by Crippen LogP contribution is -2.36. The first-order valence-electron chi connectivity index (χ1n) is 9.27. The predicted molar refractivity (Wildman–Crippen MR) is 93.4 cm³/mol. The Labute approximate surface area is 145 Å². The van der Waals surface area contributed by atoms with Gasteiger partial charge in [-0.3, -0.25) is 9.59 Å². The molecule has 136 valence electrons. The van der Waals surface area contributed by atoms with E-state index in [2.05, 4.69) is 6.58 Å². The standard InChI is InChI=1S/C20H32O4/c1-5-6-7-8-15-13-9-10-14(11-13)18(15)24-17(21)12-16(19(22)23)20(2,3)4/h5,13-16,18H,1,6-12H2,2-4H3,(H,22,23)/t13-,14+,15-,16+,18-/m0/s1. The van der Waals surface area contributed by atoms with Gasteiger partial charge in [-0.1, -0.05) is 26.8 Å². The molecule has 2 aliphatic carbocycles. The van der Waals surface area contributed by atoms with Crippen LogP contribution >= 0.6 is 0 Å². The average molecular weight is 336 g/mol. The van der Waals surface area contributed by atoms with Crippen LogP contribution in [0.2, 0.25) is 0 Å². The first-order chi connectivity index (χ1) is 11.2. The second kappa shape index (κ2) is 7.71. The molecule has 2 rings (SSSR count). The van der Waals surface area contributed by atoms with Crippen LogP contribution in [0.4, 0.5) is 0 Å². The third-order valence-corrected chi connectivity index (χ3v) is 5.93. The van der Waals surface area contributed by atoms with E-state index in [0.29, 0.717) is 17.8 Å². The highest BCUT2D eigenvalue weighted by Crippen LogP contribution is 2.51. The van der Waals surface area contributed by atoms with Gasteiger partial charge in [0, 0.05) is 0 Å². The molecular formula is C20H32O4. The smallest absolute Gasteiger partial charge is 0.307 e. The van der Waals surface area contributed by atoms with Gasteiger partial charge < -0.3 is 9.84 Å². The summed E-state index contributed by atoms with van der Waals surface area (Å²) in [7, 11) is 0. The number of carboxylic acids is 1. The van der Waals surface area contributed by atoms with E-state index in [-0.39, 0.29) is 18.5 Å². The molecule has 0 spiro atoms. The number of unbranched alkanes of at least 4 members (excludes halogenated alkanes) is 1. The predicted octanol–water partition coefficient (Wildman–Crippen LogP) is 4.44. The summed E-state index contributed by atoms with van der Waals surface area (Å²) in [6, 6.07) is 0. The van der Waals surface area contributed by atoms with E-state index in [1.807, 2.05) is 26.8 Å². The summed E-state index contributed by atoms with van der Waals surface area (Å²) in [6.07, 6.45) is 8.62. The SMILES string of the molecule is C=CCCC[C@H]1[C@H]2CC[C@H](C2)[C@@H]1OC(=O)C[C@H](C(=O)O)C(C)(C)C. The molecule has 24 heavy (non-hydrogen) atoms. The Hall–Kier alpha value is -1.32. The Morgan fingerprint density at radius 3 is 2.54 bits per heavy atom. The Morgan fingerprint density at radius 2 is 1.96 bits per heavy atom. The maximum atomic E-state index is 12.4. The monoisotopic (exact) mass is 336 g/mol. The van der Waals surface area contributed by atoms with Crippen LogP contribution in [0, 0.1) is 29.1 Å². The number of rotatable bonds is 8. The number of allylic oxidation sites excluding steroid dienone is 1. The molecule has 4 heteroatoms. The molecule has 0 radical (unpaired) electrons. The van der Waals surface area contributed by atoms with Gasteiger partial charge in [0.15, 0.2) is 0 Å². The zero-order valence-corrected chi connectivity index (χ0v) is 15.3. The number of hydrogen-bond donors (Lipinski definition) is 1. The fraction of sp³-hybridized carbons (Fsp3) is 0.800. The molecule has 0 aliphatic heterocycles. The van der Waals surface area contributed by atoms with E-state index in [1.54, 1.807) is 0 Å². The summed E-state index contributed by atoms with van der Waals surface area (Å²) in [5.74, 6) is -0.368. The van der Waals surface area contributed by atoms with E-state index in [1.165, 1.54) is 12.8 Å². The minimum Gasteiger partial charge on any atom is -0.481 e. The molecule has 2 saturated carbocycles. The summed E-state index contributed by atoms with van der Waals surface area (Å²) in [6.45, 7) is 9.34. The molecule has 0 saturated heterocycles. The molecule has 0 heterocycles. The molecule has 0 aromatic rings. The Bertz CT molecular complexity index is 477. The molecule has 0 aromatic heterocycles. The van der Waals surface area contributed by atoms with Crippen molar-refractivity contribution in [2.24, 2.45) is 29.1 Å². The molecule has 0 amide bonds. The first kappa shape index (κ1) is 19.0. The number of ether oxygens (including phenoxy) is 1. The Kier molecular flexibility index (Phi) is 6.11. The van der Waals surface area contributed by atoms with Crippen molar-refractivity contribution in [3.8, 4) is 0 Å². The van der Waals surface area contributed by atoms with Gasteiger partial charge in [0.25, 0.3) is 0 Å². The third kappa shape index (κ3) is 4.40. The van der Waals surface area contributed by atoms with Crippen molar-refractivity contribution in [1.82, 2.24) is 0 Å². The van der Waals surface area contributed by atoms with Crippen LogP contribution in [0.1, 0.15) is 65.7 Å². The summed E-state index contributed by atoms with van der Waals surface area (Å²) >= 11 is 0. The van der Waals surface area contributed by atoms with Crippen LogP contribution < -0.4 is 0 Å². The first-order valence-corrected chi connectivity index (χ1v) is 9.27. The summed E-state index contributed by atoms with van der Waals surface area (Å²) in [5, 5.41) is 9.40. The van der Waals surface area contributed by atoms with E-state index in [4.69, 9.17) is 4.74 Å². The number of hydrogen-bond acceptors (Lipinski definition) is 3. The largest absolute Gasteiger partial charge is 0.481 e. The number of carboxylic acid groups (broad SMARTS) is 1. The molecule has 2 fully saturated rings. The van der Waals surface area contributed by atoms with Crippen molar-refractivity contribution in [1.29, 1.82) is 0 Å². The van der Waals surface area contributed by atoms with Gasteiger partial charge >= 0.3 is 11.9 Å². The van der Waals surface area contributed by atoms with E-state index >= 15 is 0 Å². The molecule has 0 unspecified atom stereocenters. The normalized spacial score (nSPS) is 30.1. The van der Waals surface area contributed by atoms with Gasteiger partial charge in [0.05, 0.1) is 12.3 Å². The van der Waals surface area contributed by atoms with Gasteiger partial charge in [-0.05, 0) is 61.7 Å². The van der Waals surface area contributed by atoms with Gasteiger partial charge in [-0.15, -0.1) is 6.58 Å². The maximum absolute atomic E-state index is 12.4. The van der Waals surface area contributed by atoms with Gasteiger partial charge in [0.2, 0.25) is 0 Å². The summed E-state index contributed by atoms with van der Waals surface area (Å²) < 4.78 is 5.84. The molecule has 2 bridgehead atoms. The highest BCUT2D eigenvalue weighted by atomic mass is 16.5. The average Bonchev–Trinajstić information content (AvgIpc) is 3.06. The minimum absolute atomic E-state index is 0.00419. The lowest BCUT2D eigenvalue weighted by atomic mass is 9.78. The third-order valence-electron chi connectivity index (χ3n) is 5.93. The number of esters is 1. The second-order valence-corrected chi connectivity index (χ2v) is 8.63. The highest BCUT2D eigenvalue weighted by Gasteiger charge is 2.49. The molecular weight excluding hydrogens is 304 g/mol. The zero-order valence-electron chi connectivity index (χ0n) is 15.3. The molecule has 0 aromatic carbocycles. The number of aliphatic carboxylic acids is 1. The Balaban J connectivity index is 1.96. The van der Waals surface area contributed by atoms with Gasteiger partial charge in [-0.25, -0.2) is 0 Å². The van der Waals surface area contributed by atoms with Crippen molar-refractivity contribution in [2.45, 2.75) is 71.8 Å². The molecule has 4 nitrogen and oxygen atoms in total. The van der Waals surface area contributed by atoms with Gasteiger partial charge in [-0.2, -0.15) is 0 Å². The van der Waals surface area contributed by atoms with Crippen molar-refractivity contribution in [3.63, 3.8) is 0 Å². The zero-order chi connectivity index (χ0) is 17.9. The Morgan fingerprint density at radius 1 is 1.29 bits per heavy atom. The van der Waals surface area contributed by atoms with Crippen LogP contribution in [0.15, 0.2) is 12.7 Å². The molecule has 2 aliphatic rings. The number of carbonyl (C=O) groups is 2. The molecule has 5 atom stereocenters. The fourth-order valence-electron chi connectivity index (χ4n) is 4.57. The van der Waals surface area contributed by atoms with Crippen molar-refractivity contribution in [3.05, 3.63) is 12.7 Å². The summed E-state index contributed by atoms with van der Waals surface area (Å²) in [5.41, 5.74) is -0.455. The lowest BCUT2D eigenvalue weighted by Gasteiger charge is -2.32. The summed E-state index contributed by atoms with van der Waals surface area (Å²) in [4.78, 5) is 23.9. The van der Waals surface area contributed by atoms with E-state index in [9.17, 15) is 14.7 Å². The van der Waals surface area contributed by atoms with Crippen LogP contribution in [-0.4, -0.2) is 23.1 Å². The highest BCUT2D eigenvalue weighted by molar-refractivity contribution is 5.79. The van der Waals surface area contributed by atoms with Crippen LogP contribution in [0.25, 0.3) is 0 Å². The lowest BCUT2D eigenvalue weighted by molar-refractivity contribution is -0.162. The van der Waals surface area contributed by atoms with Crippen molar-refractivity contribution in [2.75, 3.05) is 0 Å². The number of carbonyl (C=O) groups excluding carboxylic acids is 1. The second-order valence-electron chi connectivity index (χ2n) is 8.63. The topological polar surface area (TPSA) is 63.6 Å². The number of fused-ring (bicyclic) bond motifs is 2. The van der Waals surface area contributed by atoms with Crippen LogP contribution in [0.5, 0.6) is 0 Å². The van der Waals surface area contributed by atoms with Gasteiger partial charge in [0.1, 0.15) is 6.10 Å². The quantitative estimate of drug-likeness (QED) is 0.404. The minimum atomic E-state index is -0.921. The van der Waals surface area contributed by atoms with Crippen molar-refractivity contribution >= 4 is 11.9 Å². The molecule has 1 N–H and O–H groups in total. The fourth-order valence-corrected chi connectivity index (χ4v) is 4.57. The van der Waals surface area contributed by atoms with E-state index < -0.39 is 17.3 Å². The van der Waals surface area contributed by atoms with Crippen molar-refractivity contribution < 1.29 is 19.4 Å². The van der Waals surface area contributed by atoms with Crippen LogP contribution in [0.3, 0.4) is 0 Å².